The molecule has 0 spiro atoms. The second-order valence-corrected chi connectivity index (χ2v) is 8.43. The second-order valence-electron chi connectivity index (χ2n) is 8.43. The predicted octanol–water partition coefficient (Wildman–Crippen LogP) is 4.05. The van der Waals surface area contributed by atoms with Crippen LogP contribution in [0.1, 0.15) is 41.6 Å². The first-order valence-corrected chi connectivity index (χ1v) is 10.7. The number of aromatic nitrogens is 1. The predicted molar refractivity (Wildman–Crippen MR) is 112 cm³/mol. The number of halogens is 3. The van der Waals surface area contributed by atoms with Crippen LogP contribution in [0.4, 0.5) is 18.0 Å². The summed E-state index contributed by atoms with van der Waals surface area (Å²) in [6, 6.07) is 11.5. The number of hydrogen-bond acceptors (Lipinski definition) is 3. The van der Waals surface area contributed by atoms with E-state index in [4.69, 9.17) is 0 Å². The van der Waals surface area contributed by atoms with Crippen LogP contribution in [0.5, 0.6) is 0 Å². The molecule has 1 saturated heterocycles. The summed E-state index contributed by atoms with van der Waals surface area (Å²) in [4.78, 5) is 20.4. The molecule has 4 rings (SSSR count). The van der Waals surface area contributed by atoms with E-state index in [0.29, 0.717) is 43.2 Å². The van der Waals surface area contributed by atoms with Gasteiger partial charge in [-0.25, -0.2) is 4.79 Å². The summed E-state index contributed by atoms with van der Waals surface area (Å²) in [5, 5.41) is 3.56. The van der Waals surface area contributed by atoms with Gasteiger partial charge in [-0.15, -0.1) is 0 Å². The average molecular weight is 432 g/mol. The topological polar surface area (TPSA) is 48.5 Å². The van der Waals surface area contributed by atoms with Crippen LogP contribution in [0.15, 0.2) is 42.6 Å². The van der Waals surface area contributed by atoms with E-state index in [1.54, 1.807) is 9.80 Å². The van der Waals surface area contributed by atoms with Crippen LogP contribution in [0, 0.1) is 0 Å². The van der Waals surface area contributed by atoms with Crippen molar-refractivity contribution < 1.29 is 18.0 Å². The summed E-state index contributed by atoms with van der Waals surface area (Å²) >= 11 is 0. The van der Waals surface area contributed by atoms with Gasteiger partial charge in [-0.05, 0) is 29.5 Å². The molecule has 1 fully saturated rings. The van der Waals surface area contributed by atoms with E-state index in [2.05, 4.69) is 29.4 Å². The van der Waals surface area contributed by atoms with Gasteiger partial charge in [0, 0.05) is 57.1 Å². The van der Waals surface area contributed by atoms with E-state index in [0.717, 1.165) is 25.2 Å². The van der Waals surface area contributed by atoms with E-state index in [9.17, 15) is 18.0 Å². The fraction of sp³-hybridized carbons (Fsp3) is 0.478. The normalized spacial score (nSPS) is 19.9. The fourth-order valence-electron chi connectivity index (χ4n) is 4.29. The maximum Gasteiger partial charge on any atom is 0.417 e. The highest BCUT2D eigenvalue weighted by atomic mass is 19.4. The minimum Gasteiger partial charge on any atom is -0.323 e. The zero-order valence-corrected chi connectivity index (χ0v) is 17.5. The summed E-state index contributed by atoms with van der Waals surface area (Å²) in [6.45, 7) is 4.92. The van der Waals surface area contributed by atoms with Crippen molar-refractivity contribution in [2.75, 3.05) is 26.2 Å². The Bertz CT molecular complexity index is 919. The SMILES string of the molecule is CC(CNC1CCN(C(=O)N2CCc3ncc(C(F)(F)F)cc3C2)C1)c1ccccc1. The summed E-state index contributed by atoms with van der Waals surface area (Å²) in [5.41, 5.74) is 1.64. The van der Waals surface area contributed by atoms with Gasteiger partial charge in [-0.2, -0.15) is 13.2 Å². The van der Waals surface area contributed by atoms with Gasteiger partial charge in [0.15, 0.2) is 0 Å². The molecular formula is C23H27F3N4O. The molecule has 8 heteroatoms. The van der Waals surface area contributed by atoms with Crippen LogP contribution in [0.2, 0.25) is 0 Å². The van der Waals surface area contributed by atoms with Gasteiger partial charge in [0.25, 0.3) is 0 Å². The Morgan fingerprint density at radius 3 is 2.74 bits per heavy atom. The Labute approximate surface area is 180 Å². The van der Waals surface area contributed by atoms with Gasteiger partial charge in [0.05, 0.1) is 5.56 Å². The van der Waals surface area contributed by atoms with Crippen molar-refractivity contribution in [2.45, 2.75) is 44.4 Å². The molecule has 1 aromatic heterocycles. The number of amides is 2. The lowest BCUT2D eigenvalue weighted by Crippen LogP contribution is -2.45. The fourth-order valence-corrected chi connectivity index (χ4v) is 4.29. The van der Waals surface area contributed by atoms with Gasteiger partial charge in [0.1, 0.15) is 0 Å². The Kier molecular flexibility index (Phi) is 6.18. The standard InChI is InChI=1S/C23H27F3N4O/c1-16(17-5-3-2-4-6-17)12-27-20-7-9-30(15-20)22(31)29-10-8-21-18(14-29)11-19(13-28-21)23(24,25)26/h2-6,11,13,16,20,27H,7-10,12,14-15H2,1H3. The lowest BCUT2D eigenvalue weighted by molar-refractivity contribution is -0.137. The molecule has 5 nitrogen and oxygen atoms in total. The van der Waals surface area contributed by atoms with Crippen molar-refractivity contribution in [3.8, 4) is 0 Å². The molecule has 2 aliphatic heterocycles. The molecule has 166 valence electrons. The molecule has 2 amide bonds. The van der Waals surface area contributed by atoms with Gasteiger partial charge in [0.2, 0.25) is 0 Å². The molecule has 2 unspecified atom stereocenters. The number of hydrogen-bond donors (Lipinski definition) is 1. The summed E-state index contributed by atoms with van der Waals surface area (Å²) in [7, 11) is 0. The Morgan fingerprint density at radius 1 is 1.23 bits per heavy atom. The third-order valence-corrected chi connectivity index (χ3v) is 6.18. The molecule has 0 saturated carbocycles. The molecule has 0 aliphatic carbocycles. The molecule has 2 atom stereocenters. The number of carbonyl (C=O) groups excluding carboxylic acids is 1. The van der Waals surface area contributed by atoms with Crippen molar-refractivity contribution in [1.82, 2.24) is 20.1 Å². The zero-order valence-electron chi connectivity index (χ0n) is 17.5. The lowest BCUT2D eigenvalue weighted by Gasteiger charge is -2.32. The molecule has 3 heterocycles. The number of nitrogens with one attached hydrogen (secondary N) is 1. The molecule has 2 aromatic rings. The van der Waals surface area contributed by atoms with Crippen LogP contribution in [-0.4, -0.2) is 53.0 Å². The minimum absolute atomic E-state index is 0.108. The van der Waals surface area contributed by atoms with Crippen LogP contribution >= 0.6 is 0 Å². The first-order valence-electron chi connectivity index (χ1n) is 10.7. The molecule has 0 radical (unpaired) electrons. The zero-order chi connectivity index (χ0) is 22.0. The quantitative estimate of drug-likeness (QED) is 0.793. The highest BCUT2D eigenvalue weighted by molar-refractivity contribution is 5.75. The monoisotopic (exact) mass is 432 g/mol. The number of nitrogens with zero attached hydrogens (tertiary/aromatic N) is 3. The number of alkyl halides is 3. The number of pyridine rings is 1. The maximum absolute atomic E-state index is 13.0. The Morgan fingerprint density at radius 2 is 2.00 bits per heavy atom. The first-order chi connectivity index (χ1) is 14.8. The van der Waals surface area contributed by atoms with Crippen molar-refractivity contribution in [1.29, 1.82) is 0 Å². The Hall–Kier alpha value is -2.61. The number of carbonyl (C=O) groups is 1. The molecule has 31 heavy (non-hydrogen) atoms. The van der Waals surface area contributed by atoms with Gasteiger partial charge in [-0.1, -0.05) is 37.3 Å². The van der Waals surface area contributed by atoms with E-state index in [1.807, 2.05) is 18.2 Å². The van der Waals surface area contributed by atoms with Crippen molar-refractivity contribution in [3.05, 3.63) is 65.0 Å². The number of rotatable bonds is 4. The number of likely N-dealkylation sites (tertiary alicyclic amines) is 1. The number of benzene rings is 1. The smallest absolute Gasteiger partial charge is 0.323 e. The minimum atomic E-state index is -4.43. The van der Waals surface area contributed by atoms with Gasteiger partial charge in [-0.3, -0.25) is 4.98 Å². The average Bonchev–Trinajstić information content (AvgIpc) is 3.25. The highest BCUT2D eigenvalue weighted by Gasteiger charge is 2.34. The molecule has 1 aromatic carbocycles. The van der Waals surface area contributed by atoms with Crippen LogP contribution in [0.25, 0.3) is 0 Å². The largest absolute Gasteiger partial charge is 0.417 e. The van der Waals surface area contributed by atoms with E-state index < -0.39 is 11.7 Å². The third kappa shape index (κ3) is 5.01. The first kappa shape index (κ1) is 21.6. The van der Waals surface area contributed by atoms with Gasteiger partial charge >= 0.3 is 12.2 Å². The third-order valence-electron chi connectivity index (χ3n) is 6.18. The van der Waals surface area contributed by atoms with E-state index in [1.165, 1.54) is 5.56 Å². The van der Waals surface area contributed by atoms with Crippen molar-refractivity contribution in [3.63, 3.8) is 0 Å². The van der Waals surface area contributed by atoms with E-state index >= 15 is 0 Å². The summed E-state index contributed by atoms with van der Waals surface area (Å²) in [6.07, 6.45) is -2.21. The molecule has 1 N–H and O–H groups in total. The maximum atomic E-state index is 13.0. The summed E-state index contributed by atoms with van der Waals surface area (Å²) in [5.74, 6) is 0.375. The molecule has 0 bridgehead atoms. The van der Waals surface area contributed by atoms with E-state index in [-0.39, 0.29) is 18.6 Å². The number of fused-ring (bicyclic) bond motifs is 1. The van der Waals surface area contributed by atoms with Crippen molar-refractivity contribution in [2.24, 2.45) is 0 Å². The van der Waals surface area contributed by atoms with Gasteiger partial charge < -0.3 is 15.1 Å². The molecule has 2 aliphatic rings. The second kappa shape index (κ2) is 8.86. The summed E-state index contributed by atoms with van der Waals surface area (Å²) < 4.78 is 39.0. The highest BCUT2D eigenvalue weighted by Crippen LogP contribution is 2.31. The van der Waals surface area contributed by atoms with Crippen LogP contribution in [-0.2, 0) is 19.1 Å². The van der Waals surface area contributed by atoms with Crippen molar-refractivity contribution >= 4 is 6.03 Å². The number of urea groups is 1. The Balaban J connectivity index is 1.31. The lowest BCUT2D eigenvalue weighted by atomic mass is 10.0. The molecular weight excluding hydrogens is 405 g/mol. The van der Waals surface area contributed by atoms with Crippen LogP contribution < -0.4 is 5.32 Å². The van der Waals surface area contributed by atoms with Crippen LogP contribution in [0.3, 0.4) is 0 Å².